The van der Waals surface area contributed by atoms with E-state index in [9.17, 15) is 4.79 Å². The third-order valence-corrected chi connectivity index (χ3v) is 2.92. The summed E-state index contributed by atoms with van der Waals surface area (Å²) in [5.41, 5.74) is 0. The minimum Gasteiger partial charge on any atom is -0.394 e. The Morgan fingerprint density at radius 3 is 3.00 bits per heavy atom. The molecule has 1 rings (SSSR count). The summed E-state index contributed by atoms with van der Waals surface area (Å²) in [6.07, 6.45) is 4.80. The molecule has 0 aromatic carbocycles. The second-order valence-corrected chi connectivity index (χ2v) is 4.43. The van der Waals surface area contributed by atoms with E-state index in [2.05, 4.69) is 5.32 Å². The number of carbonyl (C=O) groups excluding carboxylic acids is 1. The van der Waals surface area contributed by atoms with Gasteiger partial charge in [-0.25, -0.2) is 0 Å². The van der Waals surface area contributed by atoms with E-state index in [0.29, 0.717) is 13.0 Å². The van der Waals surface area contributed by atoms with E-state index in [1.807, 2.05) is 0 Å². The van der Waals surface area contributed by atoms with Crippen molar-refractivity contribution in [1.82, 2.24) is 5.32 Å². The van der Waals surface area contributed by atoms with Crippen molar-refractivity contribution in [3.8, 4) is 0 Å². The molecule has 1 saturated heterocycles. The normalized spacial score (nSPS) is 22.1. The summed E-state index contributed by atoms with van der Waals surface area (Å²) in [6.45, 7) is 1.05. The molecule has 0 bridgehead atoms. The van der Waals surface area contributed by atoms with E-state index in [-0.39, 0.29) is 24.7 Å². The number of rotatable bonds is 7. The summed E-state index contributed by atoms with van der Waals surface area (Å²) in [6, 6.07) is -0.306. The zero-order valence-electron chi connectivity index (χ0n) is 10.5. The van der Waals surface area contributed by atoms with E-state index >= 15 is 0 Å². The van der Waals surface area contributed by atoms with Crippen molar-refractivity contribution >= 4 is 5.91 Å². The van der Waals surface area contributed by atoms with Gasteiger partial charge in [0.25, 0.3) is 0 Å². The van der Waals surface area contributed by atoms with Crippen LogP contribution in [0.15, 0.2) is 0 Å². The van der Waals surface area contributed by atoms with Gasteiger partial charge >= 0.3 is 0 Å². The predicted molar refractivity (Wildman–Crippen MR) is 63.7 cm³/mol. The second-order valence-electron chi connectivity index (χ2n) is 4.43. The van der Waals surface area contributed by atoms with Crippen molar-refractivity contribution in [2.45, 2.75) is 44.2 Å². The number of nitrogens with one attached hydrogen (secondary N) is 1. The van der Waals surface area contributed by atoms with Crippen LogP contribution >= 0.6 is 0 Å². The second kappa shape index (κ2) is 8.44. The standard InChI is InChI=1S/C12H23NO4/c1-16-9-10(8-14)13-12(15)6-5-11-4-2-3-7-17-11/h10-11,14H,2-9H2,1H3,(H,13,15). The molecule has 17 heavy (non-hydrogen) atoms. The highest BCUT2D eigenvalue weighted by Gasteiger charge is 2.16. The lowest BCUT2D eigenvalue weighted by molar-refractivity contribution is -0.123. The van der Waals surface area contributed by atoms with Crippen LogP contribution < -0.4 is 5.32 Å². The zero-order valence-corrected chi connectivity index (χ0v) is 10.5. The number of amides is 1. The molecule has 1 amide bonds. The maximum Gasteiger partial charge on any atom is 0.220 e. The van der Waals surface area contributed by atoms with Crippen LogP contribution in [0.1, 0.15) is 32.1 Å². The third kappa shape index (κ3) is 6.00. The van der Waals surface area contributed by atoms with Crippen molar-refractivity contribution in [1.29, 1.82) is 0 Å². The van der Waals surface area contributed by atoms with Crippen LogP contribution in [0, 0.1) is 0 Å². The molecule has 1 fully saturated rings. The maximum atomic E-state index is 11.6. The number of aliphatic hydroxyl groups is 1. The molecular formula is C12H23NO4. The van der Waals surface area contributed by atoms with E-state index in [1.54, 1.807) is 7.11 Å². The molecule has 1 aliphatic rings. The molecule has 0 spiro atoms. The predicted octanol–water partition coefficient (Wildman–Crippen LogP) is 0.459. The molecule has 0 aromatic heterocycles. The Morgan fingerprint density at radius 1 is 1.59 bits per heavy atom. The quantitative estimate of drug-likeness (QED) is 0.684. The first-order chi connectivity index (χ1) is 8.26. The van der Waals surface area contributed by atoms with Crippen molar-refractivity contribution in [3.63, 3.8) is 0 Å². The first-order valence-electron chi connectivity index (χ1n) is 6.27. The van der Waals surface area contributed by atoms with E-state index in [4.69, 9.17) is 14.6 Å². The maximum absolute atomic E-state index is 11.6. The van der Waals surface area contributed by atoms with Gasteiger partial charge in [-0.2, -0.15) is 0 Å². The van der Waals surface area contributed by atoms with Crippen LogP contribution in [-0.2, 0) is 14.3 Å². The summed E-state index contributed by atoms with van der Waals surface area (Å²) in [5.74, 6) is -0.0460. The third-order valence-electron chi connectivity index (χ3n) is 2.92. The Hall–Kier alpha value is -0.650. The lowest BCUT2D eigenvalue weighted by atomic mass is 10.0. The van der Waals surface area contributed by atoms with E-state index < -0.39 is 0 Å². The molecule has 1 aliphatic heterocycles. The topological polar surface area (TPSA) is 67.8 Å². The van der Waals surface area contributed by atoms with Gasteiger partial charge in [0.1, 0.15) is 0 Å². The molecule has 2 unspecified atom stereocenters. The van der Waals surface area contributed by atoms with Crippen LogP contribution in [0.5, 0.6) is 0 Å². The largest absolute Gasteiger partial charge is 0.394 e. The number of hydrogen-bond donors (Lipinski definition) is 2. The summed E-state index contributed by atoms with van der Waals surface area (Å²) in [7, 11) is 1.55. The fraction of sp³-hybridized carbons (Fsp3) is 0.917. The van der Waals surface area contributed by atoms with Gasteiger partial charge in [-0.05, 0) is 25.7 Å². The van der Waals surface area contributed by atoms with E-state index in [1.165, 1.54) is 6.42 Å². The van der Waals surface area contributed by atoms with Gasteiger partial charge in [-0.15, -0.1) is 0 Å². The Kier molecular flexibility index (Phi) is 7.16. The Morgan fingerprint density at radius 2 is 2.41 bits per heavy atom. The Balaban J connectivity index is 2.14. The van der Waals surface area contributed by atoms with Gasteiger partial charge in [0.15, 0.2) is 0 Å². The van der Waals surface area contributed by atoms with Gasteiger partial charge in [0.05, 0.1) is 25.4 Å². The number of ether oxygens (including phenoxy) is 2. The SMILES string of the molecule is COCC(CO)NC(=O)CCC1CCCCO1. The number of carbonyl (C=O) groups is 1. The molecule has 0 aliphatic carbocycles. The highest BCUT2D eigenvalue weighted by Crippen LogP contribution is 2.16. The molecule has 5 heteroatoms. The smallest absolute Gasteiger partial charge is 0.220 e. The van der Waals surface area contributed by atoms with Crippen molar-refractivity contribution in [3.05, 3.63) is 0 Å². The Bertz CT molecular complexity index is 217. The molecule has 0 radical (unpaired) electrons. The van der Waals surface area contributed by atoms with Crippen LogP contribution in [-0.4, -0.2) is 50.1 Å². The van der Waals surface area contributed by atoms with Crippen LogP contribution in [0.25, 0.3) is 0 Å². The molecule has 100 valence electrons. The highest BCUT2D eigenvalue weighted by atomic mass is 16.5. The first kappa shape index (κ1) is 14.4. The lowest BCUT2D eigenvalue weighted by Crippen LogP contribution is -2.40. The average molecular weight is 245 g/mol. The van der Waals surface area contributed by atoms with Gasteiger partial charge < -0.3 is 19.9 Å². The molecule has 0 aromatic rings. The summed E-state index contributed by atoms with van der Waals surface area (Å²) >= 11 is 0. The highest BCUT2D eigenvalue weighted by molar-refractivity contribution is 5.76. The minimum atomic E-state index is -0.306. The van der Waals surface area contributed by atoms with Gasteiger partial charge in [0, 0.05) is 20.1 Å². The lowest BCUT2D eigenvalue weighted by Gasteiger charge is -2.22. The fourth-order valence-electron chi connectivity index (χ4n) is 1.97. The van der Waals surface area contributed by atoms with Crippen LogP contribution in [0.4, 0.5) is 0 Å². The monoisotopic (exact) mass is 245 g/mol. The zero-order chi connectivity index (χ0) is 12.5. The summed E-state index contributed by atoms with van der Waals surface area (Å²) in [5, 5.41) is 11.7. The molecule has 0 saturated carbocycles. The van der Waals surface area contributed by atoms with Gasteiger partial charge in [-0.3, -0.25) is 4.79 Å². The van der Waals surface area contributed by atoms with Crippen LogP contribution in [0.3, 0.4) is 0 Å². The average Bonchev–Trinajstić information content (AvgIpc) is 2.37. The van der Waals surface area contributed by atoms with Crippen molar-refractivity contribution in [2.24, 2.45) is 0 Å². The molecule has 1 heterocycles. The molecule has 2 N–H and O–H groups in total. The number of hydrogen-bond acceptors (Lipinski definition) is 4. The van der Waals surface area contributed by atoms with Crippen LogP contribution in [0.2, 0.25) is 0 Å². The number of aliphatic hydroxyl groups excluding tert-OH is 1. The Labute approximate surface area is 102 Å². The molecular weight excluding hydrogens is 222 g/mol. The van der Waals surface area contributed by atoms with E-state index in [0.717, 1.165) is 25.9 Å². The first-order valence-corrected chi connectivity index (χ1v) is 6.27. The number of methoxy groups -OCH3 is 1. The van der Waals surface area contributed by atoms with Crippen molar-refractivity contribution in [2.75, 3.05) is 26.9 Å². The molecule has 5 nitrogen and oxygen atoms in total. The summed E-state index contributed by atoms with van der Waals surface area (Å²) < 4.78 is 10.4. The fourth-order valence-corrected chi connectivity index (χ4v) is 1.97. The van der Waals surface area contributed by atoms with Crippen molar-refractivity contribution < 1.29 is 19.4 Å². The minimum absolute atomic E-state index is 0.0460. The van der Waals surface area contributed by atoms with Gasteiger partial charge in [-0.1, -0.05) is 0 Å². The molecule has 2 atom stereocenters. The summed E-state index contributed by atoms with van der Waals surface area (Å²) in [4.78, 5) is 11.6. The van der Waals surface area contributed by atoms with Gasteiger partial charge in [0.2, 0.25) is 5.91 Å².